The molecule has 3 rings (SSSR count). The summed E-state index contributed by atoms with van der Waals surface area (Å²) in [6.45, 7) is 1.48. The maximum absolute atomic E-state index is 11.9. The van der Waals surface area contributed by atoms with Crippen LogP contribution in [0.2, 0.25) is 0 Å². The van der Waals surface area contributed by atoms with Crippen LogP contribution in [0.4, 0.5) is 0 Å². The van der Waals surface area contributed by atoms with Gasteiger partial charge in [-0.05, 0) is 11.4 Å². The highest BCUT2D eigenvalue weighted by Crippen LogP contribution is 2.23. The number of hydrogen-bond donors (Lipinski definition) is 1. The zero-order valence-corrected chi connectivity index (χ0v) is 11.3. The molecule has 0 unspecified atom stereocenters. The highest BCUT2D eigenvalue weighted by molar-refractivity contribution is 7.08. The summed E-state index contributed by atoms with van der Waals surface area (Å²) in [5, 5.41) is 7.17. The molecule has 0 spiro atoms. The Morgan fingerprint density at radius 3 is 3.11 bits per heavy atom. The van der Waals surface area contributed by atoms with E-state index in [1.165, 1.54) is 7.11 Å². The Morgan fingerprint density at radius 1 is 1.47 bits per heavy atom. The second-order valence-corrected chi connectivity index (χ2v) is 5.03. The smallest absolute Gasteiger partial charge is 0.357 e. The number of carbonyl (C=O) groups is 1. The molecule has 0 amide bonds. The third-order valence-electron chi connectivity index (χ3n) is 3.09. The largest absolute Gasteiger partial charge is 0.464 e. The fraction of sp³-hybridized carbons (Fsp3) is 0.308. The molecule has 0 bridgehead atoms. The van der Waals surface area contributed by atoms with Crippen molar-refractivity contribution in [1.82, 2.24) is 15.3 Å². The normalized spacial score (nSPS) is 13.9. The molecule has 0 radical (unpaired) electrons. The van der Waals surface area contributed by atoms with Crippen LogP contribution in [0, 0.1) is 0 Å². The van der Waals surface area contributed by atoms with Gasteiger partial charge < -0.3 is 10.1 Å². The summed E-state index contributed by atoms with van der Waals surface area (Å²) >= 11 is 1.58. The van der Waals surface area contributed by atoms with Crippen molar-refractivity contribution < 1.29 is 9.53 Å². The molecule has 0 aromatic carbocycles. The third kappa shape index (κ3) is 2.24. The van der Waals surface area contributed by atoms with Crippen LogP contribution < -0.4 is 5.32 Å². The van der Waals surface area contributed by atoms with Crippen molar-refractivity contribution in [2.75, 3.05) is 13.7 Å². The van der Waals surface area contributed by atoms with E-state index in [9.17, 15) is 4.79 Å². The first-order chi connectivity index (χ1) is 9.29. The molecule has 5 nitrogen and oxygen atoms in total. The minimum Gasteiger partial charge on any atom is -0.464 e. The second-order valence-electron chi connectivity index (χ2n) is 4.25. The molecule has 19 heavy (non-hydrogen) atoms. The lowest BCUT2D eigenvalue weighted by atomic mass is 10.0. The van der Waals surface area contributed by atoms with Gasteiger partial charge in [-0.15, -0.1) is 0 Å². The molecule has 0 fully saturated rings. The lowest BCUT2D eigenvalue weighted by Crippen LogP contribution is -2.28. The average Bonchev–Trinajstić information content (AvgIpc) is 2.99. The van der Waals surface area contributed by atoms with Crippen LogP contribution in [0.15, 0.2) is 16.8 Å². The first-order valence-electron chi connectivity index (χ1n) is 6.01. The van der Waals surface area contributed by atoms with Gasteiger partial charge in [0.2, 0.25) is 0 Å². The minimum absolute atomic E-state index is 0.376. The van der Waals surface area contributed by atoms with Crippen LogP contribution in [-0.4, -0.2) is 29.6 Å². The molecule has 3 heterocycles. The lowest BCUT2D eigenvalue weighted by Gasteiger charge is -2.18. The Hall–Kier alpha value is -1.79. The van der Waals surface area contributed by atoms with Crippen molar-refractivity contribution in [3.63, 3.8) is 0 Å². The van der Waals surface area contributed by atoms with Gasteiger partial charge in [0.05, 0.1) is 12.8 Å². The summed E-state index contributed by atoms with van der Waals surface area (Å²) in [6, 6.07) is 1.95. The number of carbonyl (C=O) groups excluding carboxylic acids is 1. The van der Waals surface area contributed by atoms with Gasteiger partial charge in [0.1, 0.15) is 0 Å². The monoisotopic (exact) mass is 275 g/mol. The Kier molecular flexibility index (Phi) is 3.27. The fourth-order valence-corrected chi connectivity index (χ4v) is 2.76. The molecule has 0 saturated carbocycles. The number of ether oxygens (including phenoxy) is 1. The van der Waals surface area contributed by atoms with Crippen LogP contribution >= 0.6 is 11.3 Å². The lowest BCUT2D eigenvalue weighted by molar-refractivity contribution is 0.0592. The van der Waals surface area contributed by atoms with Gasteiger partial charge in [0, 0.05) is 36.0 Å². The topological polar surface area (TPSA) is 64.1 Å². The van der Waals surface area contributed by atoms with Crippen LogP contribution in [0.25, 0.3) is 11.4 Å². The summed E-state index contributed by atoms with van der Waals surface area (Å²) in [4.78, 5) is 20.8. The zero-order valence-electron chi connectivity index (χ0n) is 10.5. The minimum atomic E-state index is -0.404. The first kappa shape index (κ1) is 12.3. The summed E-state index contributed by atoms with van der Waals surface area (Å²) in [5.41, 5.74) is 3.12. The van der Waals surface area contributed by atoms with E-state index in [0.29, 0.717) is 18.1 Å². The van der Waals surface area contributed by atoms with Gasteiger partial charge in [-0.3, -0.25) is 0 Å². The van der Waals surface area contributed by atoms with Gasteiger partial charge >= 0.3 is 5.97 Å². The SMILES string of the molecule is COC(=O)c1nc(-c2ccsc2)nc2c1CNCC2. The molecule has 1 aliphatic heterocycles. The maximum Gasteiger partial charge on any atom is 0.357 e. The number of rotatable bonds is 2. The predicted octanol–water partition coefficient (Wildman–Crippen LogP) is 1.64. The molecule has 0 aliphatic carbocycles. The van der Waals surface area contributed by atoms with Gasteiger partial charge in [-0.25, -0.2) is 14.8 Å². The van der Waals surface area contributed by atoms with E-state index in [1.807, 2.05) is 16.8 Å². The van der Waals surface area contributed by atoms with Gasteiger partial charge in [-0.2, -0.15) is 11.3 Å². The third-order valence-corrected chi connectivity index (χ3v) is 3.77. The molecule has 0 saturated heterocycles. The maximum atomic E-state index is 11.9. The van der Waals surface area contributed by atoms with Gasteiger partial charge in [-0.1, -0.05) is 0 Å². The van der Waals surface area contributed by atoms with E-state index < -0.39 is 5.97 Å². The number of nitrogens with one attached hydrogen (secondary N) is 1. The number of aromatic nitrogens is 2. The van der Waals surface area contributed by atoms with Crippen LogP contribution in [0.1, 0.15) is 21.7 Å². The predicted molar refractivity (Wildman–Crippen MR) is 72.1 cm³/mol. The molecule has 98 valence electrons. The van der Waals surface area contributed by atoms with Crippen LogP contribution in [-0.2, 0) is 17.7 Å². The number of fused-ring (bicyclic) bond motifs is 1. The molecule has 6 heteroatoms. The van der Waals surface area contributed by atoms with Crippen molar-refractivity contribution in [3.05, 3.63) is 33.8 Å². The van der Waals surface area contributed by atoms with Gasteiger partial charge in [0.15, 0.2) is 11.5 Å². The number of hydrogen-bond acceptors (Lipinski definition) is 6. The highest BCUT2D eigenvalue weighted by Gasteiger charge is 2.22. The van der Waals surface area contributed by atoms with Crippen LogP contribution in [0.5, 0.6) is 0 Å². The van der Waals surface area contributed by atoms with E-state index in [4.69, 9.17) is 4.74 Å². The average molecular weight is 275 g/mol. The second kappa shape index (κ2) is 5.07. The number of methoxy groups -OCH3 is 1. The molecular weight excluding hydrogens is 262 g/mol. The molecule has 1 aliphatic rings. The van der Waals surface area contributed by atoms with E-state index in [2.05, 4.69) is 15.3 Å². The zero-order chi connectivity index (χ0) is 13.2. The molecule has 1 N–H and O–H groups in total. The quantitative estimate of drug-likeness (QED) is 0.844. The first-order valence-corrected chi connectivity index (χ1v) is 6.95. The Labute approximate surface area is 114 Å². The summed E-state index contributed by atoms with van der Waals surface area (Å²) < 4.78 is 4.82. The Bertz CT molecular complexity index is 611. The van der Waals surface area contributed by atoms with Crippen molar-refractivity contribution in [1.29, 1.82) is 0 Å². The van der Waals surface area contributed by atoms with Crippen molar-refractivity contribution in [2.45, 2.75) is 13.0 Å². The van der Waals surface area contributed by atoms with Crippen molar-refractivity contribution in [2.24, 2.45) is 0 Å². The molecular formula is C13H13N3O2S. The van der Waals surface area contributed by atoms with E-state index in [-0.39, 0.29) is 0 Å². The number of nitrogens with zero attached hydrogens (tertiary/aromatic N) is 2. The van der Waals surface area contributed by atoms with Crippen molar-refractivity contribution >= 4 is 17.3 Å². The fourth-order valence-electron chi connectivity index (χ4n) is 2.13. The summed E-state index contributed by atoms with van der Waals surface area (Å²) in [7, 11) is 1.37. The highest BCUT2D eigenvalue weighted by atomic mass is 32.1. The number of thiophene rings is 1. The van der Waals surface area contributed by atoms with E-state index in [1.54, 1.807) is 11.3 Å². The van der Waals surface area contributed by atoms with E-state index >= 15 is 0 Å². The van der Waals surface area contributed by atoms with Crippen LogP contribution in [0.3, 0.4) is 0 Å². The Morgan fingerprint density at radius 2 is 2.37 bits per heavy atom. The summed E-state index contributed by atoms with van der Waals surface area (Å²) in [5.74, 6) is 0.195. The molecule has 2 aromatic rings. The van der Waals surface area contributed by atoms with Crippen molar-refractivity contribution in [3.8, 4) is 11.4 Å². The summed E-state index contributed by atoms with van der Waals surface area (Å²) in [6.07, 6.45) is 0.805. The number of esters is 1. The molecule has 0 atom stereocenters. The Balaban J connectivity index is 2.16. The molecule has 2 aromatic heterocycles. The standard InChI is InChI=1S/C13H13N3O2S/c1-18-13(17)11-9-6-14-4-2-10(9)15-12(16-11)8-3-5-19-7-8/h3,5,7,14H,2,4,6H2,1H3. The van der Waals surface area contributed by atoms with E-state index in [0.717, 1.165) is 29.8 Å². The van der Waals surface area contributed by atoms with Gasteiger partial charge in [0.25, 0.3) is 0 Å².